The molecule has 74 valence electrons. The molecule has 0 bridgehead atoms. The zero-order valence-corrected chi connectivity index (χ0v) is 9.03. The second-order valence-corrected chi connectivity index (χ2v) is 2.82. The van der Waals surface area contributed by atoms with E-state index in [0.29, 0.717) is 6.41 Å². The molecule has 0 radical (unpaired) electrons. The smallest absolute Gasteiger partial charge is 0.198 e. The summed E-state index contributed by atoms with van der Waals surface area (Å²) >= 11 is 0. The van der Waals surface area contributed by atoms with Crippen molar-refractivity contribution in [1.29, 1.82) is 0 Å². The number of aliphatic hydroxyl groups is 3. The van der Waals surface area contributed by atoms with Gasteiger partial charge in [-0.3, -0.25) is 4.79 Å². The maximum atomic E-state index is 9.10. The first-order chi connectivity index (χ1) is 5.60. The largest absolute Gasteiger partial charge is 0.394 e. The van der Waals surface area contributed by atoms with E-state index in [2.05, 4.69) is 4.98 Å². The molecular weight excluding hydrogens is 180 g/mol. The molecule has 0 aromatic heterocycles. The SMILES string of the molecule is NC(CO)(CO)CO.O=CN[SiH3]. The first-order valence-electron chi connectivity index (χ1n) is 3.32. The van der Waals surface area contributed by atoms with Crippen LogP contribution in [0.1, 0.15) is 0 Å². The van der Waals surface area contributed by atoms with Gasteiger partial charge in [0.05, 0.1) is 25.4 Å². The van der Waals surface area contributed by atoms with Crippen molar-refractivity contribution in [3.05, 3.63) is 0 Å². The lowest BCUT2D eigenvalue weighted by atomic mass is 10.1. The number of carbonyl (C=O) groups excluding carboxylic acids is 1. The monoisotopic (exact) mass is 196 g/mol. The fraction of sp³-hybridized carbons (Fsp3) is 0.800. The van der Waals surface area contributed by atoms with Gasteiger partial charge in [-0.05, 0) is 0 Å². The lowest BCUT2D eigenvalue weighted by Gasteiger charge is -2.20. The Morgan fingerprint density at radius 1 is 1.33 bits per heavy atom. The molecule has 12 heavy (non-hydrogen) atoms. The minimum atomic E-state index is -1.21. The minimum Gasteiger partial charge on any atom is -0.394 e. The van der Waals surface area contributed by atoms with Gasteiger partial charge in [-0.15, -0.1) is 0 Å². The average molecular weight is 196 g/mol. The van der Waals surface area contributed by atoms with Crippen LogP contribution in [0.25, 0.3) is 0 Å². The van der Waals surface area contributed by atoms with Crippen LogP contribution in [0, 0.1) is 0 Å². The van der Waals surface area contributed by atoms with Crippen molar-refractivity contribution in [2.24, 2.45) is 5.73 Å². The quantitative estimate of drug-likeness (QED) is 0.230. The second-order valence-electron chi connectivity index (χ2n) is 2.24. The molecule has 0 spiro atoms. The molecule has 0 aromatic carbocycles. The zero-order chi connectivity index (χ0) is 10.0. The standard InChI is InChI=1S/C4H11NO3.CH5NOSi/c5-4(1-6,2-7)3-8;3-1-2-4/h6-8H,1-3,5H2;1H,4H3,(H,2,3). The Kier molecular flexibility index (Phi) is 10.1. The van der Waals surface area contributed by atoms with Crippen LogP contribution in [0.2, 0.25) is 0 Å². The highest BCUT2D eigenvalue weighted by Gasteiger charge is 2.20. The van der Waals surface area contributed by atoms with Crippen molar-refractivity contribution in [1.82, 2.24) is 4.98 Å². The Hall–Kier alpha value is -0.473. The maximum Gasteiger partial charge on any atom is 0.198 e. The molecule has 0 aliphatic heterocycles. The summed E-state index contributed by atoms with van der Waals surface area (Å²) in [5.41, 5.74) is 3.94. The minimum absolute atomic E-state index is 0.403. The first kappa shape index (κ1) is 14.1. The summed E-state index contributed by atoms with van der Waals surface area (Å²) < 4.78 is 0. The molecule has 0 aliphatic rings. The van der Waals surface area contributed by atoms with Crippen LogP contribution < -0.4 is 10.7 Å². The highest BCUT2D eigenvalue weighted by molar-refractivity contribution is 6.10. The topological polar surface area (TPSA) is 116 Å². The maximum absolute atomic E-state index is 9.10. The van der Waals surface area contributed by atoms with Gasteiger partial charge in [0.25, 0.3) is 0 Å². The zero-order valence-electron chi connectivity index (χ0n) is 7.03. The molecule has 0 rings (SSSR count). The summed E-state index contributed by atoms with van der Waals surface area (Å²) in [5, 5.41) is 25.0. The van der Waals surface area contributed by atoms with Crippen LogP contribution in [0.4, 0.5) is 0 Å². The predicted octanol–water partition coefficient (Wildman–Crippen LogP) is -4.33. The lowest BCUT2D eigenvalue weighted by Crippen LogP contribution is -2.50. The average Bonchev–Trinajstić information content (AvgIpc) is 2.17. The van der Waals surface area contributed by atoms with E-state index >= 15 is 0 Å². The number of carbonyl (C=O) groups is 1. The summed E-state index contributed by atoms with van der Waals surface area (Å²) in [6.45, 7) is -1.21. The van der Waals surface area contributed by atoms with Crippen molar-refractivity contribution in [3.63, 3.8) is 0 Å². The Labute approximate surface area is 73.9 Å². The van der Waals surface area contributed by atoms with E-state index in [1.54, 1.807) is 0 Å². The molecule has 0 fully saturated rings. The Morgan fingerprint density at radius 2 is 1.58 bits per heavy atom. The van der Waals surface area contributed by atoms with Gasteiger partial charge in [0.1, 0.15) is 10.4 Å². The number of rotatable bonds is 4. The highest BCUT2D eigenvalue weighted by Crippen LogP contribution is 1.93. The van der Waals surface area contributed by atoms with Gasteiger partial charge in [0.2, 0.25) is 0 Å². The van der Waals surface area contributed by atoms with Crippen molar-refractivity contribution in [3.8, 4) is 0 Å². The number of hydrogen-bond acceptors (Lipinski definition) is 5. The van der Waals surface area contributed by atoms with E-state index in [0.717, 1.165) is 10.4 Å². The van der Waals surface area contributed by atoms with Crippen LogP contribution in [0.15, 0.2) is 0 Å². The third-order valence-corrected chi connectivity index (χ3v) is 1.30. The lowest BCUT2D eigenvalue weighted by molar-refractivity contribution is -0.108. The third kappa shape index (κ3) is 7.63. The molecular formula is C5H16N2O4Si. The molecule has 6 N–H and O–H groups in total. The molecule has 7 heteroatoms. The van der Waals surface area contributed by atoms with Crippen LogP contribution in [-0.4, -0.2) is 57.5 Å². The molecule has 0 aliphatic carbocycles. The van der Waals surface area contributed by atoms with Gasteiger partial charge < -0.3 is 26.0 Å². The molecule has 0 atom stereocenters. The molecule has 0 heterocycles. The highest BCUT2D eigenvalue weighted by atomic mass is 28.2. The van der Waals surface area contributed by atoms with Crippen molar-refractivity contribution in [2.75, 3.05) is 19.8 Å². The molecule has 1 amide bonds. The van der Waals surface area contributed by atoms with E-state index in [-0.39, 0.29) is 0 Å². The van der Waals surface area contributed by atoms with Crippen LogP contribution in [0.5, 0.6) is 0 Å². The molecule has 0 aromatic rings. The van der Waals surface area contributed by atoms with Gasteiger partial charge in [-0.25, -0.2) is 0 Å². The van der Waals surface area contributed by atoms with Gasteiger partial charge in [0.15, 0.2) is 6.41 Å². The van der Waals surface area contributed by atoms with Crippen molar-refractivity contribution < 1.29 is 20.1 Å². The molecule has 0 saturated carbocycles. The van der Waals surface area contributed by atoms with Crippen molar-refractivity contribution in [2.45, 2.75) is 5.54 Å². The number of aliphatic hydroxyl groups excluding tert-OH is 3. The Morgan fingerprint density at radius 3 is 1.58 bits per heavy atom. The summed E-state index contributed by atoms with van der Waals surface area (Å²) in [7, 11) is 0.772. The van der Waals surface area contributed by atoms with Crippen molar-refractivity contribution >= 4 is 16.8 Å². The van der Waals surface area contributed by atoms with Crippen LogP contribution in [0.3, 0.4) is 0 Å². The number of nitrogens with two attached hydrogens (primary N) is 1. The summed E-state index contributed by atoms with van der Waals surface area (Å²) in [6, 6.07) is 0. The Bertz CT molecular complexity index is 101. The molecule has 6 nitrogen and oxygen atoms in total. The number of hydrogen-bond donors (Lipinski definition) is 5. The van der Waals surface area contributed by atoms with E-state index in [1.807, 2.05) is 0 Å². The summed E-state index contributed by atoms with van der Waals surface area (Å²) in [4.78, 5) is 11.5. The second kappa shape index (κ2) is 8.62. The first-order valence-corrected chi connectivity index (χ1v) is 4.32. The van der Waals surface area contributed by atoms with Crippen LogP contribution >= 0.6 is 0 Å². The van der Waals surface area contributed by atoms with E-state index in [4.69, 9.17) is 25.8 Å². The number of nitrogens with one attached hydrogen (secondary N) is 1. The summed E-state index contributed by atoms with van der Waals surface area (Å²) in [5.74, 6) is 0. The molecule has 0 unspecified atom stereocenters. The van der Waals surface area contributed by atoms with Gasteiger partial charge in [0, 0.05) is 0 Å². The predicted molar refractivity (Wildman–Crippen MR) is 47.3 cm³/mol. The summed E-state index contributed by atoms with van der Waals surface area (Å²) in [6.07, 6.45) is 0.687. The Balaban J connectivity index is 0. The van der Waals surface area contributed by atoms with Gasteiger partial charge in [-0.2, -0.15) is 0 Å². The fourth-order valence-electron chi connectivity index (χ4n) is 0.150. The van der Waals surface area contributed by atoms with Gasteiger partial charge >= 0.3 is 0 Å². The van der Waals surface area contributed by atoms with E-state index in [9.17, 15) is 0 Å². The fourth-order valence-corrected chi connectivity index (χ4v) is 0.150. The van der Waals surface area contributed by atoms with E-state index in [1.165, 1.54) is 0 Å². The van der Waals surface area contributed by atoms with E-state index < -0.39 is 25.4 Å². The third-order valence-electron chi connectivity index (χ3n) is 1.06. The number of amides is 1. The molecule has 0 saturated heterocycles. The van der Waals surface area contributed by atoms with Crippen LogP contribution in [-0.2, 0) is 4.79 Å². The van der Waals surface area contributed by atoms with Gasteiger partial charge in [-0.1, -0.05) is 0 Å². The normalized spacial score (nSPS) is 10.0.